The number of benzene rings is 3. The Hall–Kier alpha value is -4.86. The van der Waals surface area contributed by atoms with E-state index in [0.717, 1.165) is 62.7 Å². The molecule has 0 spiro atoms. The minimum absolute atomic E-state index is 0.0300. The number of aryl methyl sites for hydroxylation is 1. The maximum atomic E-state index is 13.6. The van der Waals surface area contributed by atoms with Crippen molar-refractivity contribution in [2.75, 3.05) is 34.0 Å². The zero-order valence-corrected chi connectivity index (χ0v) is 27.3. The summed E-state index contributed by atoms with van der Waals surface area (Å²) in [5.41, 5.74) is 5.32. The number of nitrogens with zero attached hydrogens (tertiary/aromatic N) is 4. The van der Waals surface area contributed by atoms with E-state index in [9.17, 15) is 9.59 Å². The summed E-state index contributed by atoms with van der Waals surface area (Å²) in [6, 6.07) is 15.6. The Labute approximate surface area is 276 Å². The van der Waals surface area contributed by atoms with Crippen molar-refractivity contribution in [3.8, 4) is 23.0 Å². The molecule has 2 unspecified atom stereocenters. The van der Waals surface area contributed by atoms with Gasteiger partial charge in [-0.15, -0.1) is 0 Å². The number of unbranched alkanes of at least 4 members (excludes halogenated alkanes) is 2. The number of fused-ring (bicyclic) bond motifs is 3. The van der Waals surface area contributed by atoms with Gasteiger partial charge in [0.1, 0.15) is 0 Å². The number of hydrogen-bond donors (Lipinski definition) is 0. The Morgan fingerprint density at radius 3 is 2.40 bits per heavy atom. The molecule has 3 aromatic rings. The van der Waals surface area contributed by atoms with Crippen molar-refractivity contribution in [2.45, 2.75) is 64.1 Å². The van der Waals surface area contributed by atoms with E-state index in [1.54, 1.807) is 25.2 Å². The smallest absolute Gasteiger partial charge is 0.257 e. The second-order valence-corrected chi connectivity index (χ2v) is 12.1. The van der Waals surface area contributed by atoms with Crippen molar-refractivity contribution in [1.82, 2.24) is 9.80 Å². The lowest BCUT2D eigenvalue weighted by atomic mass is 9.94. The van der Waals surface area contributed by atoms with Gasteiger partial charge in [-0.25, -0.2) is 0 Å². The van der Waals surface area contributed by atoms with Crippen LogP contribution in [0.15, 0.2) is 58.5 Å². The van der Waals surface area contributed by atoms with E-state index >= 15 is 0 Å². The third kappa shape index (κ3) is 7.11. The van der Waals surface area contributed by atoms with E-state index in [-0.39, 0.29) is 18.0 Å². The minimum Gasteiger partial charge on any atom is -0.493 e. The molecule has 47 heavy (non-hydrogen) atoms. The van der Waals surface area contributed by atoms with Crippen molar-refractivity contribution >= 4 is 36.1 Å². The zero-order chi connectivity index (χ0) is 32.8. The molecule has 10 nitrogen and oxygen atoms in total. The number of carbonyl (C=O) groups is 2. The molecule has 3 aliphatic heterocycles. The summed E-state index contributed by atoms with van der Waals surface area (Å²) in [5.74, 6) is 2.34. The van der Waals surface area contributed by atoms with E-state index in [1.165, 1.54) is 11.1 Å². The molecular formula is C37H42N4O6. The highest BCUT2D eigenvalue weighted by Crippen LogP contribution is 2.39. The van der Waals surface area contributed by atoms with Crippen molar-refractivity contribution in [3.05, 3.63) is 70.8 Å². The quantitative estimate of drug-likeness (QED) is 0.125. The van der Waals surface area contributed by atoms with Gasteiger partial charge in [-0.3, -0.25) is 19.6 Å². The van der Waals surface area contributed by atoms with Gasteiger partial charge in [0.15, 0.2) is 23.0 Å². The van der Waals surface area contributed by atoms with Crippen LogP contribution in [0.2, 0.25) is 0 Å². The van der Waals surface area contributed by atoms with Crippen LogP contribution in [0.5, 0.6) is 23.0 Å². The maximum absolute atomic E-state index is 13.6. The van der Waals surface area contributed by atoms with Crippen LogP contribution in [0.3, 0.4) is 0 Å². The van der Waals surface area contributed by atoms with E-state index in [2.05, 4.69) is 17.1 Å². The number of carbonyl (C=O) groups excluding carboxylic acids is 2. The number of likely N-dealkylation sites (tertiary alicyclic amines) is 1. The van der Waals surface area contributed by atoms with E-state index in [4.69, 9.17) is 23.9 Å². The second kappa shape index (κ2) is 14.7. The van der Waals surface area contributed by atoms with Gasteiger partial charge in [0, 0.05) is 37.7 Å². The fourth-order valence-electron chi connectivity index (χ4n) is 6.40. The number of methoxy groups -OCH3 is 2. The molecule has 3 heterocycles. The molecular weight excluding hydrogens is 596 g/mol. The lowest BCUT2D eigenvalue weighted by Crippen LogP contribution is -2.44. The zero-order valence-electron chi connectivity index (χ0n) is 27.3. The average molecular weight is 639 g/mol. The lowest BCUT2D eigenvalue weighted by Gasteiger charge is -2.34. The third-order valence-electron chi connectivity index (χ3n) is 9.10. The molecule has 0 N–H and O–H groups in total. The molecule has 0 radical (unpaired) electrons. The monoisotopic (exact) mass is 638 g/mol. The van der Waals surface area contributed by atoms with Crippen LogP contribution in [-0.2, 0) is 17.8 Å². The van der Waals surface area contributed by atoms with Crippen molar-refractivity contribution < 1.29 is 28.5 Å². The Morgan fingerprint density at radius 2 is 1.66 bits per heavy atom. The topological polar surface area (TPSA) is 102 Å². The molecule has 10 heteroatoms. The summed E-state index contributed by atoms with van der Waals surface area (Å²) in [4.78, 5) is 38.0. The van der Waals surface area contributed by atoms with Crippen LogP contribution in [0.25, 0.3) is 0 Å². The highest BCUT2D eigenvalue weighted by atomic mass is 16.5. The third-order valence-corrected chi connectivity index (χ3v) is 9.10. The van der Waals surface area contributed by atoms with Crippen LogP contribution in [0.4, 0.5) is 11.4 Å². The second-order valence-electron chi connectivity index (χ2n) is 12.1. The van der Waals surface area contributed by atoms with Crippen molar-refractivity contribution in [1.29, 1.82) is 0 Å². The Kier molecular flexibility index (Phi) is 10.0. The van der Waals surface area contributed by atoms with Gasteiger partial charge in [-0.1, -0.05) is 24.3 Å². The highest BCUT2D eigenvalue weighted by Gasteiger charge is 2.33. The number of hydrogen-bond acceptors (Lipinski definition) is 8. The highest BCUT2D eigenvalue weighted by molar-refractivity contribution is 6.03. The first-order valence-electron chi connectivity index (χ1n) is 16.3. The maximum Gasteiger partial charge on any atom is 0.257 e. The standard InChI is InChI=1S/C37H42N4O6/c1-25-16-33(44-2)35(19-31(25)38-21-28-12-9-13-40(28)24-42)46-14-7-4-8-15-47-36-20-32-30(18-34(36)45-3)37(43)41-23-27-11-6-5-10-26(27)17-29(41)22-39-32/h5-6,10-11,16,18-22,24,28-29H,4,7-9,12-15,17,23H2,1-3H3/b38-21-. The SMILES string of the molecule is COc1cc2c(cc1OCCCCCOc1cc(/N=C\C3CCCN3C=O)c(C)cc1OC)N=CC1Cc3ccccc3CN1C2=O. The van der Waals surface area contributed by atoms with Gasteiger partial charge in [-0.05, 0) is 74.3 Å². The molecule has 2 atom stereocenters. The summed E-state index contributed by atoms with van der Waals surface area (Å²) >= 11 is 0. The Morgan fingerprint density at radius 1 is 0.936 bits per heavy atom. The molecule has 1 fully saturated rings. The van der Waals surface area contributed by atoms with Gasteiger partial charge < -0.3 is 28.7 Å². The summed E-state index contributed by atoms with van der Waals surface area (Å²) in [6.07, 6.45) is 9.82. The molecule has 6 rings (SSSR count). The Bertz CT molecular complexity index is 1670. The minimum atomic E-state index is -0.0899. The van der Waals surface area contributed by atoms with Crippen LogP contribution < -0.4 is 18.9 Å². The van der Waals surface area contributed by atoms with Gasteiger partial charge in [0.2, 0.25) is 6.41 Å². The molecule has 3 aliphatic rings. The first-order chi connectivity index (χ1) is 23.0. The largest absolute Gasteiger partial charge is 0.493 e. The molecule has 0 aliphatic carbocycles. The number of rotatable bonds is 13. The van der Waals surface area contributed by atoms with Crippen LogP contribution in [-0.4, -0.2) is 80.6 Å². The molecule has 246 valence electrons. The number of ether oxygens (including phenoxy) is 4. The molecule has 0 aromatic heterocycles. The molecule has 0 bridgehead atoms. The fraction of sp³-hybridized carbons (Fsp3) is 0.405. The normalized spacial score (nSPS) is 18.4. The van der Waals surface area contributed by atoms with E-state index in [1.807, 2.05) is 54.6 Å². The van der Waals surface area contributed by atoms with Gasteiger partial charge in [0.05, 0.1) is 56.5 Å². The van der Waals surface area contributed by atoms with E-state index in [0.29, 0.717) is 54.0 Å². The molecule has 3 aromatic carbocycles. The number of aliphatic imine (C=N–C) groups is 2. The fourth-order valence-corrected chi connectivity index (χ4v) is 6.40. The predicted octanol–water partition coefficient (Wildman–Crippen LogP) is 6.25. The van der Waals surface area contributed by atoms with Gasteiger partial charge in [0.25, 0.3) is 5.91 Å². The molecule has 0 saturated carbocycles. The Balaban J connectivity index is 1.01. The first kappa shape index (κ1) is 32.1. The van der Waals surface area contributed by atoms with Gasteiger partial charge in [-0.2, -0.15) is 0 Å². The van der Waals surface area contributed by atoms with Crippen LogP contribution >= 0.6 is 0 Å². The summed E-state index contributed by atoms with van der Waals surface area (Å²) in [5, 5.41) is 0. The number of amides is 2. The summed E-state index contributed by atoms with van der Waals surface area (Å²) < 4.78 is 23.4. The average Bonchev–Trinajstić information content (AvgIpc) is 3.52. The molecule has 2 amide bonds. The molecule has 1 saturated heterocycles. The first-order valence-corrected chi connectivity index (χ1v) is 16.3. The summed E-state index contributed by atoms with van der Waals surface area (Å²) in [6.45, 7) is 4.32. The summed E-state index contributed by atoms with van der Waals surface area (Å²) in [7, 11) is 3.21. The van der Waals surface area contributed by atoms with Crippen LogP contribution in [0.1, 0.15) is 59.2 Å². The van der Waals surface area contributed by atoms with Crippen LogP contribution in [0, 0.1) is 6.92 Å². The van der Waals surface area contributed by atoms with Gasteiger partial charge >= 0.3 is 0 Å². The predicted molar refractivity (Wildman–Crippen MR) is 181 cm³/mol. The van der Waals surface area contributed by atoms with E-state index < -0.39 is 0 Å². The lowest BCUT2D eigenvalue weighted by molar-refractivity contribution is -0.117. The van der Waals surface area contributed by atoms with Crippen molar-refractivity contribution in [2.24, 2.45) is 9.98 Å². The van der Waals surface area contributed by atoms with Crippen molar-refractivity contribution in [3.63, 3.8) is 0 Å².